The van der Waals surface area contributed by atoms with Crippen molar-refractivity contribution in [1.29, 1.82) is 0 Å². The topological polar surface area (TPSA) is 66.6 Å². The van der Waals surface area contributed by atoms with Crippen LogP contribution in [0.25, 0.3) is 22.9 Å². The average molecular weight is 451 g/mol. The molecular formula is C22H15BrN2O4. The van der Waals surface area contributed by atoms with Crippen molar-refractivity contribution in [2.24, 2.45) is 0 Å². The quantitative estimate of drug-likeness (QED) is 0.401. The van der Waals surface area contributed by atoms with E-state index in [1.807, 2.05) is 66.7 Å². The predicted octanol–water partition coefficient (Wildman–Crippen LogP) is 5.47. The van der Waals surface area contributed by atoms with Crippen molar-refractivity contribution in [1.82, 2.24) is 10.2 Å². The first kappa shape index (κ1) is 17.8. The van der Waals surface area contributed by atoms with Crippen molar-refractivity contribution in [3.63, 3.8) is 0 Å². The van der Waals surface area contributed by atoms with Gasteiger partial charge in [-0.1, -0.05) is 34.1 Å². The summed E-state index contributed by atoms with van der Waals surface area (Å²) in [5, 5.41) is 8.36. The molecule has 0 unspecified atom stereocenters. The van der Waals surface area contributed by atoms with E-state index in [-0.39, 0.29) is 6.79 Å². The molecule has 0 amide bonds. The fourth-order valence-electron chi connectivity index (χ4n) is 3.00. The normalized spacial score (nSPS) is 12.2. The van der Waals surface area contributed by atoms with Gasteiger partial charge in [-0.05, 0) is 54.1 Å². The molecule has 0 saturated heterocycles. The van der Waals surface area contributed by atoms with E-state index in [0.29, 0.717) is 29.9 Å². The summed E-state index contributed by atoms with van der Waals surface area (Å²) in [6.45, 7) is 0.663. The summed E-state index contributed by atoms with van der Waals surface area (Å²) in [5.74, 6) is 3.06. The molecule has 0 N–H and O–H groups in total. The summed E-state index contributed by atoms with van der Waals surface area (Å²) < 4.78 is 23.5. The van der Waals surface area contributed by atoms with Crippen molar-refractivity contribution < 1.29 is 18.6 Å². The van der Waals surface area contributed by atoms with Crippen LogP contribution in [-0.2, 0) is 6.61 Å². The number of hydrogen-bond acceptors (Lipinski definition) is 6. The number of nitrogens with zero attached hydrogens (tertiary/aromatic N) is 2. The second-order valence-corrected chi connectivity index (χ2v) is 7.34. The molecule has 5 rings (SSSR count). The van der Waals surface area contributed by atoms with Crippen LogP contribution in [0.15, 0.2) is 75.6 Å². The Balaban J connectivity index is 1.34. The molecule has 144 valence electrons. The molecule has 2 heterocycles. The molecule has 0 saturated carbocycles. The Morgan fingerprint density at radius 2 is 1.62 bits per heavy atom. The third-order valence-corrected chi connectivity index (χ3v) is 4.91. The van der Waals surface area contributed by atoms with Gasteiger partial charge in [0.25, 0.3) is 0 Å². The van der Waals surface area contributed by atoms with E-state index in [1.54, 1.807) is 0 Å². The smallest absolute Gasteiger partial charge is 0.248 e. The number of benzene rings is 3. The summed E-state index contributed by atoms with van der Waals surface area (Å²) in [4.78, 5) is 0. The van der Waals surface area contributed by atoms with E-state index in [0.717, 1.165) is 26.9 Å². The first-order valence-electron chi connectivity index (χ1n) is 8.96. The molecule has 1 aliphatic heterocycles. The van der Waals surface area contributed by atoms with Crippen LogP contribution >= 0.6 is 15.9 Å². The zero-order valence-corrected chi connectivity index (χ0v) is 16.8. The maximum atomic E-state index is 5.88. The summed E-state index contributed by atoms with van der Waals surface area (Å²) in [5.41, 5.74) is 2.62. The van der Waals surface area contributed by atoms with Crippen LogP contribution in [0, 0.1) is 0 Å². The van der Waals surface area contributed by atoms with Crippen molar-refractivity contribution in [3.05, 3.63) is 76.8 Å². The number of halogens is 1. The molecule has 7 heteroatoms. The molecule has 29 heavy (non-hydrogen) atoms. The first-order valence-corrected chi connectivity index (χ1v) is 9.75. The molecule has 3 aromatic carbocycles. The summed E-state index contributed by atoms with van der Waals surface area (Å²) in [6, 6.07) is 21.1. The zero-order chi connectivity index (χ0) is 19.6. The van der Waals surface area contributed by atoms with Gasteiger partial charge in [-0.3, -0.25) is 0 Å². The standard InChI is InChI=1S/C22H15BrN2O4/c23-17-5-2-6-18(11-17)26-12-14-3-1-4-15(9-14)21-24-25-22(29-21)16-7-8-19-20(10-16)28-13-27-19/h1-11H,12-13H2. The van der Waals surface area contributed by atoms with Gasteiger partial charge in [0.05, 0.1) is 0 Å². The molecule has 6 nitrogen and oxygen atoms in total. The minimum absolute atomic E-state index is 0.225. The monoisotopic (exact) mass is 450 g/mol. The molecule has 0 spiro atoms. The van der Waals surface area contributed by atoms with Crippen LogP contribution in [-0.4, -0.2) is 17.0 Å². The summed E-state index contributed by atoms with van der Waals surface area (Å²) >= 11 is 3.45. The first-order chi connectivity index (χ1) is 14.2. The van der Waals surface area contributed by atoms with Gasteiger partial charge in [-0.25, -0.2) is 0 Å². The van der Waals surface area contributed by atoms with Crippen molar-refractivity contribution in [3.8, 4) is 40.2 Å². The number of ether oxygens (including phenoxy) is 3. The van der Waals surface area contributed by atoms with Gasteiger partial charge >= 0.3 is 0 Å². The number of fused-ring (bicyclic) bond motifs is 1. The van der Waals surface area contributed by atoms with Crippen LogP contribution in [0.1, 0.15) is 5.56 Å². The number of aromatic nitrogens is 2. The third kappa shape index (κ3) is 3.82. The highest BCUT2D eigenvalue weighted by atomic mass is 79.9. The maximum Gasteiger partial charge on any atom is 0.248 e. The van der Waals surface area contributed by atoms with Crippen LogP contribution in [0.2, 0.25) is 0 Å². The molecule has 4 aromatic rings. The van der Waals surface area contributed by atoms with Crippen molar-refractivity contribution >= 4 is 15.9 Å². The highest BCUT2D eigenvalue weighted by Gasteiger charge is 2.17. The number of rotatable bonds is 5. The van der Waals surface area contributed by atoms with Gasteiger partial charge in [-0.2, -0.15) is 0 Å². The average Bonchev–Trinajstić information content (AvgIpc) is 3.41. The Bertz CT molecular complexity index is 1170. The lowest BCUT2D eigenvalue weighted by Gasteiger charge is -2.07. The molecule has 0 atom stereocenters. The molecule has 1 aliphatic rings. The van der Waals surface area contributed by atoms with E-state index in [9.17, 15) is 0 Å². The second kappa shape index (κ2) is 7.60. The van der Waals surface area contributed by atoms with Gasteiger partial charge in [0.15, 0.2) is 11.5 Å². The molecule has 0 fully saturated rings. The van der Waals surface area contributed by atoms with Gasteiger partial charge < -0.3 is 18.6 Å². The van der Waals surface area contributed by atoms with Gasteiger partial charge in [0, 0.05) is 15.6 Å². The van der Waals surface area contributed by atoms with Gasteiger partial charge in [-0.15, -0.1) is 10.2 Å². The fourth-order valence-corrected chi connectivity index (χ4v) is 3.38. The lowest BCUT2D eigenvalue weighted by molar-refractivity contribution is 0.174. The predicted molar refractivity (Wildman–Crippen MR) is 110 cm³/mol. The van der Waals surface area contributed by atoms with Crippen molar-refractivity contribution in [2.45, 2.75) is 6.61 Å². The van der Waals surface area contributed by atoms with Crippen LogP contribution in [0.5, 0.6) is 17.2 Å². The van der Waals surface area contributed by atoms with E-state index in [4.69, 9.17) is 18.6 Å². The SMILES string of the molecule is Brc1cccc(OCc2cccc(-c3nnc(-c4ccc5c(c4)OCO5)o3)c2)c1. The summed E-state index contributed by atoms with van der Waals surface area (Å²) in [6.07, 6.45) is 0. The van der Waals surface area contributed by atoms with Crippen LogP contribution in [0.3, 0.4) is 0 Å². The van der Waals surface area contributed by atoms with E-state index < -0.39 is 0 Å². The Labute approximate surface area is 175 Å². The lowest BCUT2D eigenvalue weighted by Crippen LogP contribution is -1.95. The van der Waals surface area contributed by atoms with E-state index in [2.05, 4.69) is 26.1 Å². The van der Waals surface area contributed by atoms with E-state index in [1.165, 1.54) is 0 Å². The highest BCUT2D eigenvalue weighted by molar-refractivity contribution is 9.10. The Hall–Kier alpha value is -3.32. The fraction of sp³-hybridized carbons (Fsp3) is 0.0909. The van der Waals surface area contributed by atoms with Gasteiger partial charge in [0.1, 0.15) is 12.4 Å². The Kier molecular flexibility index (Phi) is 4.65. The molecule has 0 bridgehead atoms. The third-order valence-electron chi connectivity index (χ3n) is 4.42. The second-order valence-electron chi connectivity index (χ2n) is 6.43. The van der Waals surface area contributed by atoms with Crippen molar-refractivity contribution in [2.75, 3.05) is 6.79 Å². The molecule has 0 aliphatic carbocycles. The maximum absolute atomic E-state index is 5.88. The van der Waals surface area contributed by atoms with Gasteiger partial charge in [0.2, 0.25) is 18.6 Å². The lowest BCUT2D eigenvalue weighted by atomic mass is 10.1. The van der Waals surface area contributed by atoms with Crippen LogP contribution in [0.4, 0.5) is 0 Å². The molecular weight excluding hydrogens is 436 g/mol. The largest absolute Gasteiger partial charge is 0.489 e. The van der Waals surface area contributed by atoms with Crippen LogP contribution < -0.4 is 14.2 Å². The van der Waals surface area contributed by atoms with E-state index >= 15 is 0 Å². The zero-order valence-electron chi connectivity index (χ0n) is 15.2. The molecule has 0 radical (unpaired) electrons. The Morgan fingerprint density at radius 1 is 0.828 bits per heavy atom. The molecule has 1 aromatic heterocycles. The minimum atomic E-state index is 0.225. The summed E-state index contributed by atoms with van der Waals surface area (Å²) in [7, 11) is 0. The Morgan fingerprint density at radius 3 is 2.48 bits per heavy atom. The number of hydrogen-bond donors (Lipinski definition) is 0. The highest BCUT2D eigenvalue weighted by Crippen LogP contribution is 2.36. The minimum Gasteiger partial charge on any atom is -0.489 e.